The number of fused-ring (bicyclic) bond motifs is 1. The van der Waals surface area contributed by atoms with Crippen LogP contribution in [0.4, 0.5) is 0 Å². The van der Waals surface area contributed by atoms with Gasteiger partial charge in [-0.1, -0.05) is 48.7 Å². The lowest BCUT2D eigenvalue weighted by Crippen LogP contribution is -2.39. The Hall–Kier alpha value is -3.07. The summed E-state index contributed by atoms with van der Waals surface area (Å²) < 4.78 is 8.05. The van der Waals surface area contributed by atoms with Crippen LogP contribution in [0.3, 0.4) is 0 Å². The first-order valence-corrected chi connectivity index (χ1v) is 13.9. The maximum Gasteiger partial charge on any atom is 0.253 e. The maximum atomic E-state index is 13.7. The molecule has 0 spiro atoms. The van der Waals surface area contributed by atoms with Gasteiger partial charge in [0.05, 0.1) is 12.1 Å². The van der Waals surface area contributed by atoms with Gasteiger partial charge in [-0.3, -0.25) is 9.69 Å². The van der Waals surface area contributed by atoms with Crippen molar-refractivity contribution in [3.8, 4) is 0 Å². The number of H-pyrrole nitrogens is 1. The number of nitrogens with one attached hydrogen (secondary N) is 1. The second-order valence-electron chi connectivity index (χ2n) is 10.7. The first-order chi connectivity index (χ1) is 18.5. The van der Waals surface area contributed by atoms with E-state index < -0.39 is 6.04 Å². The number of hydrogen-bond donors (Lipinski definition) is 1. The standard InChI is InChI=1S/C29H33ClN6O2/c1-19-8-11-21-16-25(29(37)31-26(21)15-19)27(28-32-33-34-36(28)23-5-2-3-6-23)35(18-24-7-4-14-38-24)17-20-9-12-22(30)13-10-20/h8-13,15-16,23-24,27H,2-7,14,17-18H2,1H3,(H,31,37)/t24-,27-/m1/s1. The highest BCUT2D eigenvalue weighted by atomic mass is 35.5. The van der Waals surface area contributed by atoms with Crippen LogP contribution in [0, 0.1) is 6.92 Å². The molecule has 2 atom stereocenters. The average Bonchev–Trinajstić information content (AvgIpc) is 3.69. The molecule has 198 valence electrons. The number of halogens is 1. The zero-order chi connectivity index (χ0) is 26.1. The van der Waals surface area contributed by atoms with E-state index in [1.807, 2.05) is 48.0 Å². The van der Waals surface area contributed by atoms with Gasteiger partial charge in [-0.2, -0.15) is 0 Å². The minimum Gasteiger partial charge on any atom is -0.377 e. The highest BCUT2D eigenvalue weighted by Crippen LogP contribution is 2.35. The molecule has 0 unspecified atom stereocenters. The van der Waals surface area contributed by atoms with Crippen molar-refractivity contribution in [3.05, 3.63) is 86.4 Å². The third-order valence-corrected chi connectivity index (χ3v) is 8.14. The molecular weight excluding hydrogens is 500 g/mol. The zero-order valence-corrected chi connectivity index (χ0v) is 22.4. The van der Waals surface area contributed by atoms with Crippen molar-refractivity contribution in [3.63, 3.8) is 0 Å². The number of ether oxygens (including phenoxy) is 1. The number of benzene rings is 2. The summed E-state index contributed by atoms with van der Waals surface area (Å²) in [6.45, 7) is 4.06. The molecule has 2 fully saturated rings. The van der Waals surface area contributed by atoms with E-state index in [0.717, 1.165) is 67.2 Å². The fourth-order valence-corrected chi connectivity index (χ4v) is 6.08. The molecule has 4 aromatic rings. The Kier molecular flexibility index (Phi) is 7.28. The third kappa shape index (κ3) is 5.25. The first kappa shape index (κ1) is 25.2. The summed E-state index contributed by atoms with van der Waals surface area (Å²) in [6.07, 6.45) is 6.53. The molecule has 2 aromatic carbocycles. The van der Waals surface area contributed by atoms with Gasteiger partial charge in [0.15, 0.2) is 5.82 Å². The monoisotopic (exact) mass is 532 g/mol. The molecular formula is C29H33ClN6O2. The fourth-order valence-electron chi connectivity index (χ4n) is 5.96. The van der Waals surface area contributed by atoms with Crippen molar-refractivity contribution < 1.29 is 4.74 Å². The van der Waals surface area contributed by atoms with E-state index in [0.29, 0.717) is 29.5 Å². The van der Waals surface area contributed by atoms with Crippen LogP contribution >= 0.6 is 11.6 Å². The molecule has 0 radical (unpaired) electrons. The van der Waals surface area contributed by atoms with Gasteiger partial charge in [0.25, 0.3) is 5.56 Å². The molecule has 1 N–H and O–H groups in total. The number of aromatic amines is 1. The van der Waals surface area contributed by atoms with Crippen molar-refractivity contribution in [2.75, 3.05) is 13.2 Å². The predicted octanol–water partition coefficient (Wildman–Crippen LogP) is 5.36. The van der Waals surface area contributed by atoms with E-state index in [9.17, 15) is 4.79 Å². The Balaban J connectivity index is 1.50. The summed E-state index contributed by atoms with van der Waals surface area (Å²) in [6, 6.07) is 15.8. The number of tetrazole rings is 1. The molecule has 9 heteroatoms. The zero-order valence-electron chi connectivity index (χ0n) is 21.6. The highest BCUT2D eigenvalue weighted by Gasteiger charge is 2.35. The molecule has 1 aliphatic carbocycles. The second kappa shape index (κ2) is 11.0. The van der Waals surface area contributed by atoms with Crippen LogP contribution in [0.15, 0.2) is 53.3 Å². The van der Waals surface area contributed by atoms with Crippen molar-refractivity contribution in [1.29, 1.82) is 0 Å². The van der Waals surface area contributed by atoms with Crippen molar-refractivity contribution in [2.24, 2.45) is 0 Å². The summed E-state index contributed by atoms with van der Waals surface area (Å²) in [5.74, 6) is 0.709. The van der Waals surface area contributed by atoms with E-state index in [-0.39, 0.29) is 17.7 Å². The molecule has 38 heavy (non-hydrogen) atoms. The van der Waals surface area contributed by atoms with Gasteiger partial charge < -0.3 is 9.72 Å². The summed E-state index contributed by atoms with van der Waals surface area (Å²) >= 11 is 6.20. The smallest absolute Gasteiger partial charge is 0.253 e. The minimum absolute atomic E-state index is 0.0859. The number of hydrogen-bond acceptors (Lipinski definition) is 6. The molecule has 0 bridgehead atoms. The van der Waals surface area contributed by atoms with Crippen LogP contribution in [-0.4, -0.2) is 49.3 Å². The number of aryl methyl sites for hydroxylation is 1. The topological polar surface area (TPSA) is 88.9 Å². The molecule has 3 heterocycles. The SMILES string of the molecule is Cc1ccc2cc([C@H](c3nnnn3C3CCCC3)N(Cc3ccc(Cl)cc3)C[C@H]3CCCO3)c(=O)[nH]c2c1. The largest absolute Gasteiger partial charge is 0.377 e. The molecule has 1 saturated heterocycles. The number of aromatic nitrogens is 5. The quantitative estimate of drug-likeness (QED) is 0.328. The molecule has 2 aliphatic rings. The lowest BCUT2D eigenvalue weighted by atomic mass is 10.0. The first-order valence-electron chi connectivity index (χ1n) is 13.6. The van der Waals surface area contributed by atoms with Crippen LogP contribution in [0.1, 0.15) is 73.1 Å². The molecule has 1 saturated carbocycles. The summed E-state index contributed by atoms with van der Waals surface area (Å²) in [5, 5.41) is 14.8. The van der Waals surface area contributed by atoms with E-state index in [1.54, 1.807) is 0 Å². The molecule has 2 aromatic heterocycles. The number of pyridine rings is 1. The summed E-state index contributed by atoms with van der Waals surface area (Å²) in [4.78, 5) is 19.2. The normalized spacial score (nSPS) is 19.1. The van der Waals surface area contributed by atoms with Gasteiger partial charge >= 0.3 is 0 Å². The van der Waals surface area contributed by atoms with Gasteiger partial charge in [0.1, 0.15) is 6.04 Å². The van der Waals surface area contributed by atoms with E-state index in [4.69, 9.17) is 16.3 Å². The van der Waals surface area contributed by atoms with Crippen LogP contribution in [0.5, 0.6) is 0 Å². The number of nitrogens with zero attached hydrogens (tertiary/aromatic N) is 5. The maximum absolute atomic E-state index is 13.7. The molecule has 0 amide bonds. The Morgan fingerprint density at radius 2 is 1.92 bits per heavy atom. The van der Waals surface area contributed by atoms with E-state index >= 15 is 0 Å². The third-order valence-electron chi connectivity index (χ3n) is 7.88. The Labute approximate surface area is 227 Å². The van der Waals surface area contributed by atoms with Crippen molar-refractivity contribution in [2.45, 2.75) is 70.2 Å². The Morgan fingerprint density at radius 3 is 2.68 bits per heavy atom. The summed E-state index contributed by atoms with van der Waals surface area (Å²) in [5.41, 5.74) is 3.55. The Bertz CT molecular complexity index is 1450. The highest BCUT2D eigenvalue weighted by molar-refractivity contribution is 6.30. The van der Waals surface area contributed by atoms with E-state index in [1.165, 1.54) is 0 Å². The van der Waals surface area contributed by atoms with Gasteiger partial charge in [0.2, 0.25) is 0 Å². The predicted molar refractivity (Wildman–Crippen MR) is 147 cm³/mol. The van der Waals surface area contributed by atoms with Crippen molar-refractivity contribution >= 4 is 22.5 Å². The fraction of sp³-hybridized carbons (Fsp3) is 0.448. The lowest BCUT2D eigenvalue weighted by molar-refractivity contribution is 0.0569. The second-order valence-corrected chi connectivity index (χ2v) is 11.1. The number of rotatable bonds is 8. The lowest BCUT2D eigenvalue weighted by Gasteiger charge is -2.33. The van der Waals surface area contributed by atoms with Crippen molar-refractivity contribution in [1.82, 2.24) is 30.1 Å². The van der Waals surface area contributed by atoms with Gasteiger partial charge in [-0.05, 0) is 83.8 Å². The Morgan fingerprint density at radius 1 is 1.11 bits per heavy atom. The average molecular weight is 533 g/mol. The van der Waals surface area contributed by atoms with E-state index in [2.05, 4.69) is 37.5 Å². The molecule has 6 rings (SSSR count). The van der Waals surface area contributed by atoms with Gasteiger partial charge in [0, 0.05) is 35.8 Å². The molecule has 8 nitrogen and oxygen atoms in total. The van der Waals surface area contributed by atoms with Crippen LogP contribution in [0.25, 0.3) is 10.9 Å². The van der Waals surface area contributed by atoms with Crippen LogP contribution < -0.4 is 5.56 Å². The van der Waals surface area contributed by atoms with Crippen LogP contribution in [-0.2, 0) is 11.3 Å². The van der Waals surface area contributed by atoms with Gasteiger partial charge in [-0.25, -0.2) is 4.68 Å². The van der Waals surface area contributed by atoms with Gasteiger partial charge in [-0.15, -0.1) is 5.10 Å². The molecule has 1 aliphatic heterocycles. The minimum atomic E-state index is -0.445. The van der Waals surface area contributed by atoms with Crippen LogP contribution in [0.2, 0.25) is 5.02 Å². The summed E-state index contributed by atoms with van der Waals surface area (Å²) in [7, 11) is 0.